The molecular formula is C22H23N5O4. The predicted molar refractivity (Wildman–Crippen MR) is 118 cm³/mol. The lowest BCUT2D eigenvalue weighted by atomic mass is 10.2. The quantitative estimate of drug-likeness (QED) is 0.446. The van der Waals surface area contributed by atoms with Crippen LogP contribution in [0.25, 0.3) is 11.1 Å². The van der Waals surface area contributed by atoms with Crippen LogP contribution in [0, 0.1) is 0 Å². The minimum atomic E-state index is -0.570. The summed E-state index contributed by atoms with van der Waals surface area (Å²) < 4.78 is 12.4. The Labute approximate surface area is 177 Å². The minimum Gasteiger partial charge on any atom is -0.439 e. The fraction of sp³-hybridized carbons (Fsp3) is 0.227. The highest BCUT2D eigenvalue weighted by molar-refractivity contribution is 5.72. The molecule has 0 aliphatic heterocycles. The molecule has 0 spiro atoms. The van der Waals surface area contributed by atoms with Crippen LogP contribution in [0.5, 0.6) is 0 Å². The average molecular weight is 421 g/mol. The third-order valence-corrected chi connectivity index (χ3v) is 4.94. The Morgan fingerprint density at radius 3 is 2.61 bits per heavy atom. The van der Waals surface area contributed by atoms with E-state index in [1.54, 1.807) is 12.0 Å². The van der Waals surface area contributed by atoms with Crippen molar-refractivity contribution in [3.63, 3.8) is 0 Å². The van der Waals surface area contributed by atoms with Gasteiger partial charge in [-0.25, -0.2) is 9.78 Å². The molecule has 0 unspecified atom stereocenters. The van der Waals surface area contributed by atoms with Gasteiger partial charge in [-0.15, -0.1) is 0 Å². The lowest BCUT2D eigenvalue weighted by molar-refractivity contribution is 0.204. The summed E-state index contributed by atoms with van der Waals surface area (Å²) in [7, 11) is 1.57. The molecule has 0 aliphatic carbocycles. The van der Waals surface area contributed by atoms with E-state index >= 15 is 0 Å². The summed E-state index contributed by atoms with van der Waals surface area (Å²) in [5.74, 6) is 0.502. The van der Waals surface area contributed by atoms with E-state index in [9.17, 15) is 9.59 Å². The monoisotopic (exact) mass is 421 g/mol. The number of anilines is 2. The van der Waals surface area contributed by atoms with Crippen LogP contribution in [0.2, 0.25) is 0 Å². The first-order valence-electron chi connectivity index (χ1n) is 9.81. The Hall–Kier alpha value is -3.85. The first-order chi connectivity index (χ1) is 15.1. The Balaban J connectivity index is 1.74. The lowest BCUT2D eigenvalue weighted by Gasteiger charge is -2.24. The number of rotatable bonds is 8. The Morgan fingerprint density at radius 2 is 1.87 bits per heavy atom. The van der Waals surface area contributed by atoms with Crippen molar-refractivity contribution in [3.05, 3.63) is 86.9 Å². The van der Waals surface area contributed by atoms with E-state index in [-0.39, 0.29) is 24.6 Å². The van der Waals surface area contributed by atoms with E-state index in [1.165, 1.54) is 4.57 Å². The largest absolute Gasteiger partial charge is 0.439 e. The van der Waals surface area contributed by atoms with Crippen LogP contribution < -0.4 is 21.9 Å². The van der Waals surface area contributed by atoms with E-state index in [0.29, 0.717) is 24.6 Å². The second-order valence-corrected chi connectivity index (χ2v) is 7.05. The van der Waals surface area contributed by atoms with Gasteiger partial charge in [0.05, 0.1) is 19.7 Å². The van der Waals surface area contributed by atoms with E-state index in [1.807, 2.05) is 54.6 Å². The van der Waals surface area contributed by atoms with Gasteiger partial charge in [-0.05, 0) is 17.7 Å². The molecule has 2 aromatic carbocycles. The van der Waals surface area contributed by atoms with Gasteiger partial charge in [-0.1, -0.05) is 42.5 Å². The molecule has 0 fully saturated rings. The number of nitrogen functional groups attached to an aromatic ring is 1. The molecule has 0 aliphatic rings. The normalized spacial score (nSPS) is 11.1. The van der Waals surface area contributed by atoms with Crippen molar-refractivity contribution in [1.82, 2.24) is 14.5 Å². The number of para-hydroxylation sites is 2. The Kier molecular flexibility index (Phi) is 5.85. The summed E-state index contributed by atoms with van der Waals surface area (Å²) in [6, 6.07) is 16.8. The number of hydrogen-bond acceptors (Lipinski definition) is 7. The minimum absolute atomic E-state index is 0.0739. The van der Waals surface area contributed by atoms with Gasteiger partial charge in [0.2, 0.25) is 5.89 Å². The van der Waals surface area contributed by atoms with Crippen LogP contribution in [0.4, 0.5) is 11.5 Å². The maximum atomic E-state index is 12.8. The number of fused-ring (bicyclic) bond motifs is 1. The molecular weight excluding hydrogens is 398 g/mol. The maximum Gasteiger partial charge on any atom is 0.330 e. The molecule has 2 aromatic heterocycles. The molecule has 9 heteroatoms. The fourth-order valence-electron chi connectivity index (χ4n) is 3.43. The number of oxazole rings is 1. The van der Waals surface area contributed by atoms with Gasteiger partial charge < -0.3 is 19.8 Å². The lowest BCUT2D eigenvalue weighted by Crippen LogP contribution is -2.39. The number of aromatic amines is 1. The number of hydrogen-bond donors (Lipinski definition) is 2. The summed E-state index contributed by atoms with van der Waals surface area (Å²) >= 11 is 0. The summed E-state index contributed by atoms with van der Waals surface area (Å²) in [6.07, 6.45) is 0. The molecule has 0 saturated carbocycles. The molecule has 0 atom stereocenters. The van der Waals surface area contributed by atoms with Gasteiger partial charge >= 0.3 is 5.69 Å². The zero-order valence-electron chi connectivity index (χ0n) is 17.1. The highest BCUT2D eigenvalue weighted by Gasteiger charge is 2.21. The first kappa shape index (κ1) is 20.4. The zero-order valence-corrected chi connectivity index (χ0v) is 17.1. The summed E-state index contributed by atoms with van der Waals surface area (Å²) in [5.41, 5.74) is 7.64. The average Bonchev–Trinajstić information content (AvgIpc) is 3.18. The summed E-state index contributed by atoms with van der Waals surface area (Å²) in [6.45, 7) is 1.12. The standard InChI is InChI=1S/C22H23N5O4/c1-30-12-11-26(14-18-24-16-9-5-6-10-17(16)31-18)19-20(23)27(22(29)25-21(19)28)13-15-7-3-2-4-8-15/h2-10H,11-14,23H2,1H3,(H,25,28,29). The molecule has 4 aromatic rings. The van der Waals surface area contributed by atoms with E-state index in [4.69, 9.17) is 14.9 Å². The van der Waals surface area contributed by atoms with Crippen molar-refractivity contribution in [3.8, 4) is 0 Å². The molecule has 0 radical (unpaired) electrons. The second kappa shape index (κ2) is 8.88. The number of benzene rings is 2. The Bertz CT molecular complexity index is 1260. The van der Waals surface area contributed by atoms with Gasteiger partial charge in [0.25, 0.3) is 5.56 Å². The molecule has 0 saturated heterocycles. The van der Waals surface area contributed by atoms with Gasteiger partial charge in [0.1, 0.15) is 17.0 Å². The van der Waals surface area contributed by atoms with Gasteiger partial charge in [0, 0.05) is 13.7 Å². The molecule has 160 valence electrons. The molecule has 2 heterocycles. The van der Waals surface area contributed by atoms with Crippen LogP contribution in [-0.2, 0) is 17.8 Å². The summed E-state index contributed by atoms with van der Waals surface area (Å²) in [4.78, 5) is 33.8. The highest BCUT2D eigenvalue weighted by atomic mass is 16.5. The van der Waals surface area contributed by atoms with Gasteiger partial charge in [-0.2, -0.15) is 0 Å². The molecule has 3 N–H and O–H groups in total. The molecule has 4 rings (SSSR count). The van der Waals surface area contributed by atoms with Crippen LogP contribution >= 0.6 is 0 Å². The van der Waals surface area contributed by atoms with Crippen LogP contribution in [0.3, 0.4) is 0 Å². The van der Waals surface area contributed by atoms with Crippen molar-refractivity contribution in [2.45, 2.75) is 13.1 Å². The van der Waals surface area contributed by atoms with Crippen LogP contribution in [-0.4, -0.2) is 34.8 Å². The van der Waals surface area contributed by atoms with Gasteiger partial charge in [-0.3, -0.25) is 14.3 Å². The number of H-pyrrole nitrogens is 1. The van der Waals surface area contributed by atoms with E-state index < -0.39 is 11.2 Å². The van der Waals surface area contributed by atoms with Crippen LogP contribution in [0.15, 0.2) is 68.6 Å². The SMILES string of the molecule is COCCN(Cc1nc2ccccc2o1)c1c(N)n(Cc2ccccc2)c(=O)[nH]c1=O. The third kappa shape index (κ3) is 4.36. The molecule has 31 heavy (non-hydrogen) atoms. The van der Waals surface area contributed by atoms with Crippen molar-refractivity contribution < 1.29 is 9.15 Å². The van der Waals surface area contributed by atoms with Crippen LogP contribution in [0.1, 0.15) is 11.5 Å². The molecule has 0 bridgehead atoms. The topological polar surface area (TPSA) is 119 Å². The van der Waals surface area contributed by atoms with Crippen molar-refractivity contribution in [1.29, 1.82) is 0 Å². The number of methoxy groups -OCH3 is 1. The highest BCUT2D eigenvalue weighted by Crippen LogP contribution is 2.22. The number of nitrogens with two attached hydrogens (primary N) is 1. The van der Waals surface area contributed by atoms with Crippen molar-refractivity contribution in [2.24, 2.45) is 0 Å². The molecule has 0 amide bonds. The Morgan fingerprint density at radius 1 is 1.13 bits per heavy atom. The van der Waals surface area contributed by atoms with E-state index in [0.717, 1.165) is 11.1 Å². The van der Waals surface area contributed by atoms with Gasteiger partial charge in [0.15, 0.2) is 5.58 Å². The van der Waals surface area contributed by atoms with Crippen molar-refractivity contribution in [2.75, 3.05) is 30.9 Å². The number of ether oxygens (including phenoxy) is 1. The fourth-order valence-corrected chi connectivity index (χ4v) is 3.43. The van der Waals surface area contributed by atoms with Crippen molar-refractivity contribution >= 4 is 22.6 Å². The number of aromatic nitrogens is 3. The maximum absolute atomic E-state index is 12.8. The number of nitrogens with zero attached hydrogens (tertiary/aromatic N) is 3. The zero-order chi connectivity index (χ0) is 21.8. The molecule has 9 nitrogen and oxygen atoms in total. The summed E-state index contributed by atoms with van der Waals surface area (Å²) in [5, 5.41) is 0. The van der Waals surface area contributed by atoms with E-state index in [2.05, 4.69) is 9.97 Å². The second-order valence-electron chi connectivity index (χ2n) is 7.05. The first-order valence-corrected chi connectivity index (χ1v) is 9.81. The predicted octanol–water partition coefficient (Wildman–Crippen LogP) is 1.96. The smallest absolute Gasteiger partial charge is 0.330 e. The third-order valence-electron chi connectivity index (χ3n) is 4.94. The number of nitrogens with one attached hydrogen (secondary N) is 1.